The van der Waals surface area contributed by atoms with Gasteiger partial charge in [-0.1, -0.05) is 49.2 Å². The minimum Gasteiger partial charge on any atom is -0.468 e. The highest BCUT2D eigenvalue weighted by Crippen LogP contribution is 2.25. The molecule has 0 heterocycles. The van der Waals surface area contributed by atoms with Gasteiger partial charge in [0.2, 0.25) is 0 Å². The third-order valence-corrected chi connectivity index (χ3v) is 3.52. The first-order valence-electron chi connectivity index (χ1n) is 5.71. The smallest absolute Gasteiger partial charge is 0.323 e. The summed E-state index contributed by atoms with van der Waals surface area (Å²) >= 11 is 12.0. The number of halogens is 2. The summed E-state index contributed by atoms with van der Waals surface area (Å²) in [7, 11) is 1.38. The van der Waals surface area contributed by atoms with Crippen LogP contribution in [0.3, 0.4) is 0 Å². The molecule has 0 aliphatic heterocycles. The van der Waals surface area contributed by atoms with E-state index in [9.17, 15) is 4.79 Å². The molecule has 5 heteroatoms. The van der Waals surface area contributed by atoms with Gasteiger partial charge in [-0.15, -0.1) is 0 Å². The highest BCUT2D eigenvalue weighted by Gasteiger charge is 2.22. The van der Waals surface area contributed by atoms with Crippen molar-refractivity contribution < 1.29 is 9.53 Å². The van der Waals surface area contributed by atoms with E-state index in [2.05, 4.69) is 5.32 Å². The first kappa shape index (κ1) is 15.3. The zero-order chi connectivity index (χ0) is 13.7. The molecule has 0 bridgehead atoms. The van der Waals surface area contributed by atoms with E-state index in [1.165, 1.54) is 7.11 Å². The fourth-order valence-corrected chi connectivity index (χ4v) is 2.01. The molecule has 0 spiro atoms. The summed E-state index contributed by atoms with van der Waals surface area (Å²) in [6, 6.07) is 5.07. The minimum absolute atomic E-state index is 0.135. The van der Waals surface area contributed by atoms with Crippen LogP contribution in [0.4, 0.5) is 0 Å². The van der Waals surface area contributed by atoms with Crippen molar-refractivity contribution in [1.29, 1.82) is 0 Å². The van der Waals surface area contributed by atoms with Crippen LogP contribution in [0.25, 0.3) is 0 Å². The molecule has 0 aliphatic rings. The molecule has 0 radical (unpaired) electrons. The summed E-state index contributed by atoms with van der Waals surface area (Å²) in [5.41, 5.74) is 0.860. The number of hydrogen-bond acceptors (Lipinski definition) is 3. The van der Waals surface area contributed by atoms with Crippen molar-refractivity contribution in [3.63, 3.8) is 0 Å². The lowest BCUT2D eigenvalue weighted by molar-refractivity contribution is -0.144. The van der Waals surface area contributed by atoms with E-state index >= 15 is 0 Å². The molecule has 18 heavy (non-hydrogen) atoms. The zero-order valence-corrected chi connectivity index (χ0v) is 12.2. The number of rotatable bonds is 5. The number of ether oxygens (including phenoxy) is 1. The van der Waals surface area contributed by atoms with Gasteiger partial charge in [-0.2, -0.15) is 0 Å². The summed E-state index contributed by atoms with van der Waals surface area (Å²) in [6.45, 7) is 4.37. The maximum absolute atomic E-state index is 11.6. The molecule has 0 saturated heterocycles. The van der Waals surface area contributed by atoms with Crippen LogP contribution in [0.15, 0.2) is 18.2 Å². The summed E-state index contributed by atoms with van der Waals surface area (Å²) in [4.78, 5) is 11.6. The van der Waals surface area contributed by atoms with Crippen molar-refractivity contribution in [2.45, 2.75) is 26.4 Å². The van der Waals surface area contributed by atoms with E-state index in [1.54, 1.807) is 6.07 Å². The fraction of sp³-hybridized carbons (Fsp3) is 0.462. The Bertz CT molecular complexity index is 421. The van der Waals surface area contributed by atoms with Gasteiger partial charge in [-0.05, 0) is 17.5 Å². The van der Waals surface area contributed by atoms with Crippen LogP contribution >= 0.6 is 23.2 Å². The molecule has 1 rings (SSSR count). The third kappa shape index (κ3) is 3.87. The highest BCUT2D eigenvalue weighted by molar-refractivity contribution is 6.42. The Morgan fingerprint density at radius 3 is 2.61 bits per heavy atom. The molecular weight excluding hydrogens is 273 g/mol. The van der Waals surface area contributed by atoms with Crippen LogP contribution in [0.1, 0.15) is 19.4 Å². The summed E-state index contributed by atoms with van der Waals surface area (Å²) in [6.07, 6.45) is 0. The van der Waals surface area contributed by atoms with Gasteiger partial charge in [-0.3, -0.25) is 4.79 Å². The topological polar surface area (TPSA) is 38.3 Å². The average molecular weight is 290 g/mol. The molecule has 0 aromatic heterocycles. The Balaban J connectivity index is 2.73. The minimum atomic E-state index is -0.356. The molecule has 1 aromatic rings. The first-order valence-corrected chi connectivity index (χ1v) is 6.47. The SMILES string of the molecule is COC(=O)[C@@H](NCc1cccc(Cl)c1Cl)C(C)C. The fourth-order valence-electron chi connectivity index (χ4n) is 1.62. The molecule has 0 saturated carbocycles. The van der Waals surface area contributed by atoms with Crippen LogP contribution in [0, 0.1) is 5.92 Å². The third-order valence-electron chi connectivity index (χ3n) is 2.67. The second-order valence-electron chi connectivity index (χ2n) is 4.34. The van der Waals surface area contributed by atoms with E-state index in [-0.39, 0.29) is 17.9 Å². The van der Waals surface area contributed by atoms with Gasteiger partial charge < -0.3 is 10.1 Å². The molecule has 0 unspecified atom stereocenters. The number of methoxy groups -OCH3 is 1. The van der Waals surface area contributed by atoms with E-state index in [4.69, 9.17) is 27.9 Å². The van der Waals surface area contributed by atoms with Crippen molar-refractivity contribution in [2.75, 3.05) is 7.11 Å². The van der Waals surface area contributed by atoms with Crippen molar-refractivity contribution in [3.05, 3.63) is 33.8 Å². The number of carbonyl (C=O) groups is 1. The lowest BCUT2D eigenvalue weighted by Gasteiger charge is -2.20. The Morgan fingerprint density at radius 2 is 2.06 bits per heavy atom. The molecule has 0 amide bonds. The molecule has 0 aliphatic carbocycles. The largest absolute Gasteiger partial charge is 0.468 e. The van der Waals surface area contributed by atoms with Crippen LogP contribution in [0.2, 0.25) is 10.0 Å². The van der Waals surface area contributed by atoms with E-state index < -0.39 is 0 Å². The van der Waals surface area contributed by atoms with Crippen LogP contribution in [-0.2, 0) is 16.1 Å². The number of carbonyl (C=O) groups excluding carboxylic acids is 1. The van der Waals surface area contributed by atoms with Gasteiger partial charge >= 0.3 is 5.97 Å². The van der Waals surface area contributed by atoms with E-state index in [0.29, 0.717) is 16.6 Å². The Kier molecular flexibility index (Phi) is 5.93. The lowest BCUT2D eigenvalue weighted by atomic mass is 10.0. The maximum atomic E-state index is 11.6. The van der Waals surface area contributed by atoms with Crippen molar-refractivity contribution in [2.24, 2.45) is 5.92 Å². The number of hydrogen-bond donors (Lipinski definition) is 1. The number of esters is 1. The summed E-state index contributed by atoms with van der Waals surface area (Å²) in [5.74, 6) is -0.140. The Hall–Kier alpha value is -0.770. The standard InChI is InChI=1S/C13H17Cl2NO2/c1-8(2)12(13(17)18-3)16-7-9-5-4-6-10(14)11(9)15/h4-6,8,12,16H,7H2,1-3H3/t12-/m0/s1. The zero-order valence-electron chi connectivity index (χ0n) is 10.7. The molecule has 1 N–H and O–H groups in total. The van der Waals surface area contributed by atoms with Gasteiger partial charge in [0.25, 0.3) is 0 Å². The summed E-state index contributed by atoms with van der Waals surface area (Å²) < 4.78 is 4.76. The van der Waals surface area contributed by atoms with Crippen LogP contribution in [-0.4, -0.2) is 19.1 Å². The molecule has 1 aromatic carbocycles. The number of benzene rings is 1. The maximum Gasteiger partial charge on any atom is 0.323 e. The molecular formula is C13H17Cl2NO2. The van der Waals surface area contributed by atoms with Crippen molar-refractivity contribution in [1.82, 2.24) is 5.32 Å². The van der Waals surface area contributed by atoms with Gasteiger partial charge in [0.05, 0.1) is 17.2 Å². The van der Waals surface area contributed by atoms with Crippen LogP contribution < -0.4 is 5.32 Å². The second kappa shape index (κ2) is 6.98. The van der Waals surface area contributed by atoms with Gasteiger partial charge in [0.15, 0.2) is 0 Å². The molecule has 0 fully saturated rings. The molecule has 1 atom stereocenters. The van der Waals surface area contributed by atoms with Gasteiger partial charge in [-0.25, -0.2) is 0 Å². The molecule has 100 valence electrons. The average Bonchev–Trinajstić information content (AvgIpc) is 2.33. The van der Waals surface area contributed by atoms with Crippen molar-refractivity contribution in [3.8, 4) is 0 Å². The van der Waals surface area contributed by atoms with Crippen LogP contribution in [0.5, 0.6) is 0 Å². The predicted molar refractivity (Wildman–Crippen MR) is 73.9 cm³/mol. The van der Waals surface area contributed by atoms with Gasteiger partial charge in [0, 0.05) is 6.54 Å². The van der Waals surface area contributed by atoms with E-state index in [0.717, 1.165) is 5.56 Å². The Labute approximate surface area is 117 Å². The van der Waals surface area contributed by atoms with Gasteiger partial charge in [0.1, 0.15) is 6.04 Å². The molecule has 3 nitrogen and oxygen atoms in total. The highest BCUT2D eigenvalue weighted by atomic mass is 35.5. The second-order valence-corrected chi connectivity index (χ2v) is 5.12. The van der Waals surface area contributed by atoms with Crippen molar-refractivity contribution >= 4 is 29.2 Å². The summed E-state index contributed by atoms with van der Waals surface area (Å²) in [5, 5.41) is 4.16. The normalized spacial score (nSPS) is 12.6. The quantitative estimate of drug-likeness (QED) is 0.846. The lowest BCUT2D eigenvalue weighted by Crippen LogP contribution is -2.41. The van der Waals surface area contributed by atoms with E-state index in [1.807, 2.05) is 26.0 Å². The predicted octanol–water partition coefficient (Wildman–Crippen LogP) is 3.28. The monoisotopic (exact) mass is 289 g/mol. The Morgan fingerprint density at radius 1 is 1.39 bits per heavy atom. The number of nitrogens with one attached hydrogen (secondary N) is 1. The first-order chi connectivity index (χ1) is 8.47.